The monoisotopic (exact) mass is 572 g/mol. The predicted octanol–water partition coefficient (Wildman–Crippen LogP) is 8.50. The van der Waals surface area contributed by atoms with Gasteiger partial charge in [-0.25, -0.2) is 0 Å². The molecule has 0 radical (unpaired) electrons. The number of para-hydroxylation sites is 1. The lowest BCUT2D eigenvalue weighted by atomic mass is 9.85. The van der Waals surface area contributed by atoms with Gasteiger partial charge in [-0.1, -0.05) is 68.4 Å². The summed E-state index contributed by atoms with van der Waals surface area (Å²) in [4.78, 5) is 18.2. The Labute approximate surface area is 242 Å². The first-order chi connectivity index (χ1) is 19.8. The van der Waals surface area contributed by atoms with Gasteiger partial charge in [-0.2, -0.15) is 13.2 Å². The molecule has 9 heteroatoms. The summed E-state index contributed by atoms with van der Waals surface area (Å²) in [6, 6.07) is 18.4. The van der Waals surface area contributed by atoms with Gasteiger partial charge in [0.15, 0.2) is 0 Å². The van der Waals surface area contributed by atoms with Crippen LogP contribution in [0.3, 0.4) is 0 Å². The highest BCUT2D eigenvalue weighted by Gasteiger charge is 2.30. The number of halogens is 3. The molecule has 0 saturated carbocycles. The third-order valence-electron chi connectivity index (χ3n) is 7.16. The summed E-state index contributed by atoms with van der Waals surface area (Å²) in [7, 11) is 0. The number of carbonyl (C=O) groups excluding carboxylic acids is 1. The molecule has 0 atom stereocenters. The Morgan fingerprint density at radius 1 is 0.952 bits per heavy atom. The van der Waals surface area contributed by atoms with E-state index in [1.165, 1.54) is 18.3 Å². The topological polar surface area (TPSA) is 80.0 Å². The molecule has 0 aliphatic rings. The minimum absolute atomic E-state index is 0.0536. The average molecular weight is 573 g/mol. The number of hydrogen-bond donors (Lipinski definition) is 2. The number of benzene rings is 3. The molecular weight excluding hydrogens is 541 g/mol. The molecule has 0 saturated heterocycles. The van der Waals surface area contributed by atoms with E-state index < -0.39 is 17.6 Å². The fraction of sp³-hybridized carbons (Fsp3) is 0.242. The van der Waals surface area contributed by atoms with Gasteiger partial charge in [0.2, 0.25) is 0 Å². The number of nitrogens with one attached hydrogen (secondary N) is 2. The SMILES string of the molecule is Cc1noc(C)c1-c1ccc2c(Nc3ccccc3C(C)(C)C)c(C(=O)NCc3ccc(C(F)(F)F)cc3)cnc2c1. The van der Waals surface area contributed by atoms with Gasteiger partial charge in [0.1, 0.15) is 5.76 Å². The minimum atomic E-state index is -4.42. The van der Waals surface area contributed by atoms with E-state index in [-0.39, 0.29) is 12.0 Å². The van der Waals surface area contributed by atoms with Gasteiger partial charge in [0.05, 0.1) is 28.0 Å². The standard InChI is InChI=1S/C33H31F3N4O2/c1-19-29(20(2)42-40-19)22-12-15-24-28(16-22)37-18-25(30(24)39-27-9-7-6-8-26(27)32(3,4)5)31(41)38-17-21-10-13-23(14-11-21)33(34,35)36/h6-16,18H,17H2,1-5H3,(H,37,39)(H,38,41). The molecule has 0 unspecified atom stereocenters. The smallest absolute Gasteiger partial charge is 0.361 e. The van der Waals surface area contributed by atoms with Crippen molar-refractivity contribution in [2.45, 2.75) is 52.8 Å². The van der Waals surface area contributed by atoms with Gasteiger partial charge in [0.25, 0.3) is 5.91 Å². The molecule has 0 aliphatic carbocycles. The van der Waals surface area contributed by atoms with E-state index >= 15 is 0 Å². The quantitative estimate of drug-likeness (QED) is 0.213. The van der Waals surface area contributed by atoms with Gasteiger partial charge in [-0.05, 0) is 60.2 Å². The third kappa shape index (κ3) is 5.86. The summed E-state index contributed by atoms with van der Waals surface area (Å²) in [5.41, 5.74) is 5.66. The first-order valence-corrected chi connectivity index (χ1v) is 13.5. The highest BCUT2D eigenvalue weighted by Crippen LogP contribution is 2.37. The molecule has 1 amide bonds. The summed E-state index contributed by atoms with van der Waals surface area (Å²) in [6.07, 6.45) is -2.91. The molecular formula is C33H31F3N4O2. The van der Waals surface area contributed by atoms with Gasteiger partial charge in [-0.15, -0.1) is 0 Å². The Morgan fingerprint density at radius 3 is 2.31 bits per heavy atom. The lowest BCUT2D eigenvalue weighted by Crippen LogP contribution is -2.24. The second-order valence-electron chi connectivity index (χ2n) is 11.3. The van der Waals surface area contributed by atoms with Crippen LogP contribution in [0.15, 0.2) is 77.4 Å². The number of fused-ring (bicyclic) bond motifs is 1. The number of hydrogen-bond acceptors (Lipinski definition) is 5. The molecule has 0 aliphatic heterocycles. The number of anilines is 2. The summed E-state index contributed by atoms with van der Waals surface area (Å²) in [5, 5.41) is 11.1. The van der Waals surface area contributed by atoms with Crippen LogP contribution in [-0.4, -0.2) is 16.0 Å². The zero-order valence-electron chi connectivity index (χ0n) is 24.0. The largest absolute Gasteiger partial charge is 0.416 e. The summed E-state index contributed by atoms with van der Waals surface area (Å²) >= 11 is 0. The van der Waals surface area contributed by atoms with Crippen molar-refractivity contribution < 1.29 is 22.5 Å². The molecule has 3 aromatic carbocycles. The zero-order chi connectivity index (χ0) is 30.2. The second kappa shape index (κ2) is 11.0. The van der Waals surface area contributed by atoms with E-state index in [0.29, 0.717) is 28.1 Å². The average Bonchev–Trinajstić information content (AvgIpc) is 3.28. The Balaban J connectivity index is 1.55. The number of aromatic nitrogens is 2. The molecule has 0 bridgehead atoms. The van der Waals surface area contributed by atoms with Crippen LogP contribution in [0.4, 0.5) is 24.5 Å². The van der Waals surface area contributed by atoms with Crippen LogP contribution in [0.1, 0.15) is 59.3 Å². The Morgan fingerprint density at radius 2 is 1.67 bits per heavy atom. The fourth-order valence-corrected chi connectivity index (χ4v) is 5.02. The molecule has 2 N–H and O–H groups in total. The van der Waals surface area contributed by atoms with Gasteiger partial charge < -0.3 is 15.2 Å². The van der Waals surface area contributed by atoms with Crippen molar-refractivity contribution in [3.63, 3.8) is 0 Å². The van der Waals surface area contributed by atoms with Gasteiger partial charge in [-0.3, -0.25) is 9.78 Å². The van der Waals surface area contributed by atoms with Gasteiger partial charge in [0, 0.05) is 29.4 Å². The van der Waals surface area contributed by atoms with Crippen molar-refractivity contribution in [3.05, 3.63) is 107 Å². The van der Waals surface area contributed by atoms with Crippen LogP contribution >= 0.6 is 0 Å². The van der Waals surface area contributed by atoms with Gasteiger partial charge >= 0.3 is 6.18 Å². The first-order valence-electron chi connectivity index (χ1n) is 13.5. The lowest BCUT2D eigenvalue weighted by Gasteiger charge is -2.24. The van der Waals surface area contributed by atoms with Crippen molar-refractivity contribution in [2.24, 2.45) is 0 Å². The van der Waals surface area contributed by atoms with Crippen molar-refractivity contribution in [1.29, 1.82) is 0 Å². The van der Waals surface area contributed by atoms with Crippen molar-refractivity contribution in [3.8, 4) is 11.1 Å². The molecule has 2 aromatic heterocycles. The molecule has 216 valence electrons. The Bertz CT molecular complexity index is 1750. The number of nitrogens with zero attached hydrogens (tertiary/aromatic N) is 2. The molecule has 0 fully saturated rings. The molecule has 5 aromatic rings. The molecule has 42 heavy (non-hydrogen) atoms. The van der Waals surface area contributed by atoms with Crippen LogP contribution < -0.4 is 10.6 Å². The number of carbonyl (C=O) groups is 1. The first kappa shape index (κ1) is 28.9. The number of alkyl halides is 3. The fourth-order valence-electron chi connectivity index (χ4n) is 5.02. The number of rotatable bonds is 6. The van der Waals surface area contributed by atoms with Crippen LogP contribution in [-0.2, 0) is 18.1 Å². The maximum absolute atomic E-state index is 13.5. The number of pyridine rings is 1. The van der Waals surface area contributed by atoms with Crippen LogP contribution in [0, 0.1) is 13.8 Å². The summed E-state index contributed by atoms with van der Waals surface area (Å²) in [6.45, 7) is 10.1. The maximum Gasteiger partial charge on any atom is 0.416 e. The normalized spacial score (nSPS) is 12.0. The predicted molar refractivity (Wildman–Crippen MR) is 158 cm³/mol. The molecule has 2 heterocycles. The van der Waals surface area contributed by atoms with E-state index in [0.717, 1.165) is 45.6 Å². The van der Waals surface area contributed by atoms with Crippen LogP contribution in [0.2, 0.25) is 0 Å². The number of amides is 1. The minimum Gasteiger partial charge on any atom is -0.361 e. The van der Waals surface area contributed by atoms with E-state index in [9.17, 15) is 18.0 Å². The summed E-state index contributed by atoms with van der Waals surface area (Å²) in [5.74, 6) is 0.290. The van der Waals surface area contributed by atoms with Crippen LogP contribution in [0.25, 0.3) is 22.0 Å². The molecule has 0 spiro atoms. The third-order valence-corrected chi connectivity index (χ3v) is 7.16. The van der Waals surface area contributed by atoms with Crippen molar-refractivity contribution >= 4 is 28.2 Å². The molecule has 6 nitrogen and oxygen atoms in total. The maximum atomic E-state index is 13.5. The number of aryl methyl sites for hydroxylation is 2. The summed E-state index contributed by atoms with van der Waals surface area (Å²) < 4.78 is 44.2. The highest BCUT2D eigenvalue weighted by atomic mass is 19.4. The van der Waals surface area contributed by atoms with E-state index in [1.807, 2.05) is 56.3 Å². The lowest BCUT2D eigenvalue weighted by molar-refractivity contribution is -0.137. The van der Waals surface area contributed by atoms with E-state index in [1.54, 1.807) is 0 Å². The van der Waals surface area contributed by atoms with Crippen LogP contribution in [0.5, 0.6) is 0 Å². The second-order valence-corrected chi connectivity index (χ2v) is 11.3. The van der Waals surface area contributed by atoms with E-state index in [2.05, 4.69) is 41.5 Å². The Hall–Kier alpha value is -4.66. The van der Waals surface area contributed by atoms with Crippen molar-refractivity contribution in [2.75, 3.05) is 5.32 Å². The van der Waals surface area contributed by atoms with E-state index in [4.69, 9.17) is 4.52 Å². The Kier molecular flexibility index (Phi) is 7.53. The zero-order valence-corrected chi connectivity index (χ0v) is 24.0. The van der Waals surface area contributed by atoms with Crippen molar-refractivity contribution in [1.82, 2.24) is 15.5 Å². The molecule has 5 rings (SSSR count). The highest BCUT2D eigenvalue weighted by molar-refractivity contribution is 6.08.